The molecule has 1 fully saturated rings. The van der Waals surface area contributed by atoms with Crippen LogP contribution in [-0.2, 0) is 4.74 Å². The van der Waals surface area contributed by atoms with Crippen molar-refractivity contribution in [3.8, 4) is 0 Å². The summed E-state index contributed by atoms with van der Waals surface area (Å²) in [5, 5.41) is 0. The first-order valence-corrected chi connectivity index (χ1v) is 4.52. The van der Waals surface area contributed by atoms with Gasteiger partial charge >= 0.3 is 0 Å². The van der Waals surface area contributed by atoms with Crippen molar-refractivity contribution >= 4 is 0 Å². The van der Waals surface area contributed by atoms with E-state index in [1.807, 2.05) is 6.08 Å². The zero-order valence-corrected chi connectivity index (χ0v) is 8.26. The average molecular weight is 166 g/mol. The van der Waals surface area contributed by atoms with Crippen LogP contribution >= 0.6 is 0 Å². The van der Waals surface area contributed by atoms with Gasteiger partial charge in [-0.1, -0.05) is 24.3 Å². The summed E-state index contributed by atoms with van der Waals surface area (Å²) in [6, 6.07) is 0. The summed E-state index contributed by atoms with van der Waals surface area (Å²) >= 11 is 0. The third-order valence-corrected chi connectivity index (χ3v) is 2.37. The number of hydrogen-bond donors (Lipinski definition) is 0. The summed E-state index contributed by atoms with van der Waals surface area (Å²) in [4.78, 5) is 0. The zero-order chi connectivity index (χ0) is 9.19. The van der Waals surface area contributed by atoms with Crippen LogP contribution < -0.4 is 0 Å². The molecule has 0 aromatic carbocycles. The molecule has 12 heavy (non-hydrogen) atoms. The third-order valence-electron chi connectivity index (χ3n) is 2.37. The maximum atomic E-state index is 5.48. The summed E-state index contributed by atoms with van der Waals surface area (Å²) in [5.41, 5.74) is 1.53. The fourth-order valence-electron chi connectivity index (χ4n) is 1.38. The summed E-state index contributed by atoms with van der Waals surface area (Å²) in [6.45, 7) is 10.1. The lowest BCUT2D eigenvalue weighted by Gasteiger charge is -1.98. The van der Waals surface area contributed by atoms with Gasteiger partial charge in [-0.2, -0.15) is 0 Å². The van der Waals surface area contributed by atoms with E-state index in [4.69, 9.17) is 4.74 Å². The van der Waals surface area contributed by atoms with Crippen LogP contribution in [0.1, 0.15) is 33.6 Å². The van der Waals surface area contributed by atoms with Gasteiger partial charge in [0.2, 0.25) is 0 Å². The van der Waals surface area contributed by atoms with Crippen molar-refractivity contribution in [1.82, 2.24) is 0 Å². The SMILES string of the molecule is C=C/C=C(\C)CC[C@H]1OC1(C)C. The normalized spacial score (nSPS) is 26.9. The Morgan fingerprint density at radius 1 is 1.58 bits per heavy atom. The molecule has 0 bridgehead atoms. The van der Waals surface area contributed by atoms with Gasteiger partial charge in [0, 0.05) is 0 Å². The summed E-state index contributed by atoms with van der Waals surface area (Å²) < 4.78 is 5.48. The van der Waals surface area contributed by atoms with Crippen LogP contribution in [0, 0.1) is 0 Å². The van der Waals surface area contributed by atoms with E-state index in [1.54, 1.807) is 0 Å². The van der Waals surface area contributed by atoms with Crippen molar-refractivity contribution in [3.05, 3.63) is 24.3 Å². The monoisotopic (exact) mass is 166 g/mol. The van der Waals surface area contributed by atoms with Crippen LogP contribution in [0.4, 0.5) is 0 Å². The lowest BCUT2D eigenvalue weighted by atomic mass is 10.0. The lowest BCUT2D eigenvalue weighted by molar-refractivity contribution is 0.320. The van der Waals surface area contributed by atoms with Gasteiger partial charge in [-0.3, -0.25) is 0 Å². The minimum absolute atomic E-state index is 0.147. The number of epoxide rings is 1. The van der Waals surface area contributed by atoms with E-state index in [0.29, 0.717) is 6.10 Å². The molecule has 0 radical (unpaired) electrons. The van der Waals surface area contributed by atoms with E-state index < -0.39 is 0 Å². The van der Waals surface area contributed by atoms with Crippen LogP contribution in [0.3, 0.4) is 0 Å². The standard InChI is InChI=1S/C11H18O/c1-5-6-9(2)7-8-10-11(3,4)12-10/h5-6,10H,1,7-8H2,2-4H3/b9-6+/t10-/m1/s1. The molecule has 1 nitrogen and oxygen atoms in total. The summed E-state index contributed by atoms with van der Waals surface area (Å²) in [6.07, 6.45) is 6.65. The van der Waals surface area contributed by atoms with Gasteiger partial charge in [0.15, 0.2) is 0 Å². The molecular weight excluding hydrogens is 148 g/mol. The highest BCUT2D eigenvalue weighted by Gasteiger charge is 2.46. The van der Waals surface area contributed by atoms with Crippen molar-refractivity contribution in [2.45, 2.75) is 45.3 Å². The Hall–Kier alpha value is -0.560. The highest BCUT2D eigenvalue weighted by Crippen LogP contribution is 2.38. The molecule has 1 aliphatic rings. The van der Waals surface area contributed by atoms with Crippen molar-refractivity contribution in [2.24, 2.45) is 0 Å². The van der Waals surface area contributed by atoms with Crippen molar-refractivity contribution in [2.75, 3.05) is 0 Å². The fourth-order valence-corrected chi connectivity index (χ4v) is 1.38. The minimum atomic E-state index is 0.147. The van der Waals surface area contributed by atoms with Crippen LogP contribution in [0.5, 0.6) is 0 Å². The number of rotatable bonds is 4. The second-order valence-electron chi connectivity index (χ2n) is 4.00. The first kappa shape index (κ1) is 9.53. The second kappa shape index (κ2) is 3.44. The summed E-state index contributed by atoms with van der Waals surface area (Å²) in [7, 11) is 0. The van der Waals surface area contributed by atoms with Gasteiger partial charge < -0.3 is 4.74 Å². The smallest absolute Gasteiger partial charge is 0.0892 e. The largest absolute Gasteiger partial charge is 0.367 e. The van der Waals surface area contributed by atoms with Gasteiger partial charge in [-0.05, 0) is 33.6 Å². The van der Waals surface area contributed by atoms with Gasteiger partial charge in [-0.15, -0.1) is 0 Å². The molecule has 1 heteroatoms. The average Bonchev–Trinajstić information content (AvgIpc) is 2.56. The van der Waals surface area contributed by atoms with Gasteiger partial charge in [0.05, 0.1) is 11.7 Å². The molecule has 0 aliphatic carbocycles. The van der Waals surface area contributed by atoms with E-state index in [9.17, 15) is 0 Å². The minimum Gasteiger partial charge on any atom is -0.367 e. The first-order valence-electron chi connectivity index (χ1n) is 4.52. The molecule has 1 aliphatic heterocycles. The van der Waals surface area contributed by atoms with Crippen LogP contribution in [0.2, 0.25) is 0 Å². The first-order chi connectivity index (χ1) is 5.56. The molecular formula is C11H18O. The van der Waals surface area contributed by atoms with Gasteiger partial charge in [0.25, 0.3) is 0 Å². The Balaban J connectivity index is 2.19. The second-order valence-corrected chi connectivity index (χ2v) is 4.00. The number of allylic oxidation sites excluding steroid dienone is 3. The highest BCUT2D eigenvalue weighted by atomic mass is 16.6. The Kier molecular flexibility index (Phi) is 2.73. The molecule has 0 saturated carbocycles. The van der Waals surface area contributed by atoms with Crippen molar-refractivity contribution in [1.29, 1.82) is 0 Å². The van der Waals surface area contributed by atoms with Crippen LogP contribution in [-0.4, -0.2) is 11.7 Å². The van der Waals surface area contributed by atoms with E-state index in [-0.39, 0.29) is 5.60 Å². The molecule has 0 unspecified atom stereocenters. The lowest BCUT2D eigenvalue weighted by Crippen LogP contribution is -2.02. The Bertz CT molecular complexity index is 201. The quantitative estimate of drug-likeness (QED) is 0.462. The van der Waals surface area contributed by atoms with E-state index >= 15 is 0 Å². The fraction of sp³-hybridized carbons (Fsp3) is 0.636. The van der Waals surface area contributed by atoms with Crippen LogP contribution in [0.25, 0.3) is 0 Å². The predicted octanol–water partition coefficient (Wildman–Crippen LogP) is 3.08. The topological polar surface area (TPSA) is 12.5 Å². The Labute approximate surface area is 75.1 Å². The molecule has 0 amide bonds. The maximum absolute atomic E-state index is 5.48. The Morgan fingerprint density at radius 2 is 2.17 bits per heavy atom. The zero-order valence-electron chi connectivity index (χ0n) is 8.26. The molecule has 1 saturated heterocycles. The molecule has 1 rings (SSSR count). The summed E-state index contributed by atoms with van der Waals surface area (Å²) in [5.74, 6) is 0. The third kappa shape index (κ3) is 2.49. The molecule has 1 heterocycles. The Morgan fingerprint density at radius 3 is 2.58 bits per heavy atom. The van der Waals surface area contributed by atoms with E-state index in [0.717, 1.165) is 12.8 Å². The predicted molar refractivity (Wildman–Crippen MR) is 52.1 cm³/mol. The molecule has 0 aromatic rings. The number of hydrogen-bond acceptors (Lipinski definition) is 1. The molecule has 68 valence electrons. The van der Waals surface area contributed by atoms with Crippen molar-refractivity contribution < 1.29 is 4.74 Å². The van der Waals surface area contributed by atoms with Gasteiger partial charge in [-0.25, -0.2) is 0 Å². The molecule has 0 aromatic heterocycles. The highest BCUT2D eigenvalue weighted by molar-refractivity contribution is 5.09. The maximum Gasteiger partial charge on any atom is 0.0892 e. The van der Waals surface area contributed by atoms with Crippen molar-refractivity contribution in [3.63, 3.8) is 0 Å². The molecule has 0 spiro atoms. The molecule has 0 N–H and O–H groups in total. The van der Waals surface area contributed by atoms with Gasteiger partial charge in [0.1, 0.15) is 0 Å². The molecule has 1 atom stereocenters. The van der Waals surface area contributed by atoms with E-state index in [1.165, 1.54) is 5.57 Å². The van der Waals surface area contributed by atoms with Crippen LogP contribution in [0.15, 0.2) is 24.3 Å². The number of ether oxygens (including phenoxy) is 1. The van der Waals surface area contributed by atoms with E-state index in [2.05, 4.69) is 33.4 Å².